The molecular formula is C17H16F2N4O3. The Morgan fingerprint density at radius 1 is 1.35 bits per heavy atom. The number of aromatic nitrogens is 2. The first-order valence-electron chi connectivity index (χ1n) is 7.82. The van der Waals surface area contributed by atoms with Crippen molar-refractivity contribution in [3.8, 4) is 0 Å². The first kappa shape index (κ1) is 17.9. The molecule has 1 aliphatic rings. The maximum absolute atomic E-state index is 13.0. The van der Waals surface area contributed by atoms with E-state index in [9.17, 15) is 18.7 Å². The van der Waals surface area contributed by atoms with E-state index in [0.29, 0.717) is 22.6 Å². The molecule has 2 aromatic heterocycles. The predicted octanol–water partition coefficient (Wildman–Crippen LogP) is 2.99. The van der Waals surface area contributed by atoms with Crippen LogP contribution in [-0.4, -0.2) is 38.3 Å². The average molecular weight is 362 g/mol. The van der Waals surface area contributed by atoms with Gasteiger partial charge in [-0.1, -0.05) is 0 Å². The number of carboxylic acid groups (broad SMARTS) is 1. The van der Waals surface area contributed by atoms with Crippen LogP contribution in [-0.2, 0) is 0 Å². The number of hydrogen-bond donors (Lipinski definition) is 4. The largest absolute Gasteiger partial charge is 0.477 e. The summed E-state index contributed by atoms with van der Waals surface area (Å²) in [6, 6.07) is 4.34. The van der Waals surface area contributed by atoms with Crippen LogP contribution in [0.5, 0.6) is 0 Å². The number of anilines is 2. The Morgan fingerprint density at radius 2 is 2.08 bits per heavy atom. The van der Waals surface area contributed by atoms with Gasteiger partial charge in [-0.3, -0.25) is 0 Å². The van der Waals surface area contributed by atoms with E-state index in [1.54, 1.807) is 0 Å². The van der Waals surface area contributed by atoms with E-state index in [-0.39, 0.29) is 18.5 Å². The highest BCUT2D eigenvalue weighted by atomic mass is 19.3. The molecule has 1 unspecified atom stereocenters. The average Bonchev–Trinajstić information content (AvgIpc) is 2.59. The van der Waals surface area contributed by atoms with Gasteiger partial charge in [0.2, 0.25) is 5.92 Å². The Balaban J connectivity index is 1.76. The highest BCUT2D eigenvalue weighted by molar-refractivity contribution is 5.87. The van der Waals surface area contributed by atoms with Crippen LogP contribution in [0.2, 0.25) is 0 Å². The SMILES string of the molecule is N=Cc1cc(C(O)C2CC(F)(F)C2)cnc1Nc1ccc(C(=O)O)nc1. The fraction of sp³-hybridized carbons (Fsp3) is 0.294. The lowest BCUT2D eigenvalue weighted by atomic mass is 9.76. The molecule has 0 saturated heterocycles. The molecule has 1 fully saturated rings. The number of aromatic carboxylic acids is 1. The molecule has 1 saturated carbocycles. The second-order valence-corrected chi connectivity index (χ2v) is 6.18. The topological polar surface area (TPSA) is 119 Å². The number of aliphatic hydroxyl groups is 1. The summed E-state index contributed by atoms with van der Waals surface area (Å²) in [6.07, 6.45) is 1.92. The van der Waals surface area contributed by atoms with Gasteiger partial charge in [0.1, 0.15) is 11.5 Å². The maximum Gasteiger partial charge on any atom is 0.354 e. The lowest BCUT2D eigenvalue weighted by Crippen LogP contribution is -2.38. The number of pyridine rings is 2. The number of rotatable bonds is 6. The molecule has 9 heteroatoms. The summed E-state index contributed by atoms with van der Waals surface area (Å²) in [6.45, 7) is 0. The lowest BCUT2D eigenvalue weighted by Gasteiger charge is -2.38. The van der Waals surface area contributed by atoms with Crippen molar-refractivity contribution in [3.05, 3.63) is 47.4 Å². The van der Waals surface area contributed by atoms with Gasteiger partial charge in [-0.2, -0.15) is 0 Å². The highest BCUT2D eigenvalue weighted by Crippen LogP contribution is 2.48. The third-order valence-corrected chi connectivity index (χ3v) is 4.25. The van der Waals surface area contributed by atoms with Crippen molar-refractivity contribution in [3.63, 3.8) is 0 Å². The van der Waals surface area contributed by atoms with Crippen LogP contribution < -0.4 is 5.32 Å². The van der Waals surface area contributed by atoms with E-state index in [1.165, 1.54) is 30.6 Å². The van der Waals surface area contributed by atoms with Crippen molar-refractivity contribution in [2.45, 2.75) is 24.9 Å². The lowest BCUT2D eigenvalue weighted by molar-refractivity contribution is -0.142. The number of hydrogen-bond acceptors (Lipinski definition) is 6. The molecule has 1 aliphatic carbocycles. The monoisotopic (exact) mass is 362 g/mol. The van der Waals surface area contributed by atoms with E-state index in [1.807, 2.05) is 0 Å². The summed E-state index contributed by atoms with van der Waals surface area (Å²) in [5, 5.41) is 29.5. The van der Waals surface area contributed by atoms with Crippen LogP contribution in [0.4, 0.5) is 20.3 Å². The molecule has 0 spiro atoms. The number of nitrogens with zero attached hydrogens (tertiary/aromatic N) is 2. The minimum atomic E-state index is -2.72. The standard InChI is InChI=1S/C17H16F2N4O3/c18-17(19)4-11(5-17)14(24)10-3-9(6-20)15(22-7-10)23-12-1-2-13(16(25)26)21-8-12/h1-3,6-8,11,14,20,24H,4-5H2,(H,22,23)(H,25,26). The number of aliphatic hydroxyl groups excluding tert-OH is 1. The summed E-state index contributed by atoms with van der Waals surface area (Å²) in [5.41, 5.74) is 1.09. The third kappa shape index (κ3) is 3.67. The molecular weight excluding hydrogens is 346 g/mol. The van der Waals surface area contributed by atoms with Crippen molar-refractivity contribution in [1.82, 2.24) is 9.97 Å². The van der Waals surface area contributed by atoms with Gasteiger partial charge in [0.15, 0.2) is 0 Å². The van der Waals surface area contributed by atoms with Crippen LogP contribution in [0, 0.1) is 11.3 Å². The van der Waals surface area contributed by atoms with Crippen molar-refractivity contribution < 1.29 is 23.8 Å². The third-order valence-electron chi connectivity index (χ3n) is 4.25. The first-order valence-corrected chi connectivity index (χ1v) is 7.82. The van der Waals surface area contributed by atoms with Crippen molar-refractivity contribution in [1.29, 1.82) is 5.41 Å². The molecule has 2 aromatic rings. The number of nitrogens with one attached hydrogen (secondary N) is 2. The van der Waals surface area contributed by atoms with E-state index in [4.69, 9.17) is 10.5 Å². The molecule has 3 rings (SSSR count). The second-order valence-electron chi connectivity index (χ2n) is 6.18. The minimum absolute atomic E-state index is 0.105. The van der Waals surface area contributed by atoms with Crippen LogP contribution in [0.25, 0.3) is 0 Å². The first-order chi connectivity index (χ1) is 12.3. The van der Waals surface area contributed by atoms with Gasteiger partial charge in [0, 0.05) is 36.7 Å². The molecule has 136 valence electrons. The zero-order chi connectivity index (χ0) is 18.9. The summed E-state index contributed by atoms with van der Waals surface area (Å²) in [7, 11) is 0. The molecule has 26 heavy (non-hydrogen) atoms. The molecule has 0 aliphatic heterocycles. The zero-order valence-electron chi connectivity index (χ0n) is 13.5. The van der Waals surface area contributed by atoms with Gasteiger partial charge < -0.3 is 20.9 Å². The molecule has 2 heterocycles. The van der Waals surface area contributed by atoms with Gasteiger partial charge in [0.25, 0.3) is 0 Å². The molecule has 0 amide bonds. The minimum Gasteiger partial charge on any atom is -0.477 e. The van der Waals surface area contributed by atoms with Crippen LogP contribution in [0.3, 0.4) is 0 Å². The molecule has 0 bridgehead atoms. The fourth-order valence-electron chi connectivity index (χ4n) is 2.81. The van der Waals surface area contributed by atoms with Crippen molar-refractivity contribution in [2.24, 2.45) is 5.92 Å². The van der Waals surface area contributed by atoms with Crippen molar-refractivity contribution in [2.75, 3.05) is 5.32 Å². The Labute approximate surface area is 147 Å². The zero-order valence-corrected chi connectivity index (χ0v) is 13.5. The summed E-state index contributed by atoms with van der Waals surface area (Å²) >= 11 is 0. The fourth-order valence-corrected chi connectivity index (χ4v) is 2.81. The summed E-state index contributed by atoms with van der Waals surface area (Å²) in [5.74, 6) is -4.09. The summed E-state index contributed by atoms with van der Waals surface area (Å²) in [4.78, 5) is 18.7. The van der Waals surface area contributed by atoms with Gasteiger partial charge in [-0.15, -0.1) is 0 Å². The summed E-state index contributed by atoms with van der Waals surface area (Å²) < 4.78 is 26.0. The molecule has 7 nitrogen and oxygen atoms in total. The van der Waals surface area contributed by atoms with E-state index >= 15 is 0 Å². The number of halogens is 2. The molecule has 1 atom stereocenters. The van der Waals surface area contributed by atoms with Gasteiger partial charge in [-0.05, 0) is 23.8 Å². The van der Waals surface area contributed by atoms with Crippen LogP contribution in [0.1, 0.15) is 40.6 Å². The molecule has 4 N–H and O–H groups in total. The quantitative estimate of drug-likeness (QED) is 0.587. The Bertz CT molecular complexity index is 834. The second kappa shape index (κ2) is 6.75. The predicted molar refractivity (Wildman–Crippen MR) is 89.2 cm³/mol. The van der Waals surface area contributed by atoms with Crippen LogP contribution in [0.15, 0.2) is 30.6 Å². The normalized spacial score (nSPS) is 17.2. The Morgan fingerprint density at radius 3 is 2.62 bits per heavy atom. The number of carbonyl (C=O) groups is 1. The smallest absolute Gasteiger partial charge is 0.354 e. The van der Waals surface area contributed by atoms with Crippen LogP contribution >= 0.6 is 0 Å². The molecule has 0 aromatic carbocycles. The van der Waals surface area contributed by atoms with Crippen molar-refractivity contribution >= 4 is 23.7 Å². The van der Waals surface area contributed by atoms with Gasteiger partial charge in [-0.25, -0.2) is 23.5 Å². The highest BCUT2D eigenvalue weighted by Gasteiger charge is 2.48. The van der Waals surface area contributed by atoms with E-state index < -0.39 is 23.9 Å². The number of carboxylic acids is 1. The van der Waals surface area contributed by atoms with E-state index in [0.717, 1.165) is 6.21 Å². The Hall–Kier alpha value is -2.94. The Kier molecular flexibility index (Phi) is 4.64. The van der Waals surface area contributed by atoms with E-state index in [2.05, 4.69) is 15.3 Å². The van der Waals surface area contributed by atoms with Gasteiger partial charge in [0.05, 0.1) is 18.0 Å². The molecule has 0 radical (unpaired) electrons. The maximum atomic E-state index is 13.0. The van der Waals surface area contributed by atoms with Gasteiger partial charge >= 0.3 is 5.97 Å². The number of alkyl halides is 2.